The fourth-order valence-corrected chi connectivity index (χ4v) is 2.92. The van der Waals surface area contributed by atoms with Crippen molar-refractivity contribution in [1.29, 1.82) is 0 Å². The first-order valence-corrected chi connectivity index (χ1v) is 6.80. The Morgan fingerprint density at radius 2 is 2.35 bits per heavy atom. The smallest absolute Gasteiger partial charge is 0.262 e. The van der Waals surface area contributed by atoms with E-state index in [9.17, 15) is 13.6 Å². The lowest BCUT2D eigenvalue weighted by Crippen LogP contribution is -2.47. The predicted molar refractivity (Wildman–Crippen MR) is 66.3 cm³/mol. The number of aromatic nitrogens is 3. The Labute approximate surface area is 114 Å². The van der Waals surface area contributed by atoms with Crippen LogP contribution in [0.5, 0.6) is 0 Å². The van der Waals surface area contributed by atoms with E-state index in [-0.39, 0.29) is 11.8 Å². The van der Waals surface area contributed by atoms with Gasteiger partial charge in [-0.1, -0.05) is 0 Å². The summed E-state index contributed by atoms with van der Waals surface area (Å²) >= 11 is 0. The number of carbonyl (C=O) groups excluding carboxylic acids is 1. The summed E-state index contributed by atoms with van der Waals surface area (Å²) in [7, 11) is 0. The van der Waals surface area contributed by atoms with Gasteiger partial charge in [-0.3, -0.25) is 15.2 Å². The van der Waals surface area contributed by atoms with Crippen LogP contribution in [0.3, 0.4) is 0 Å². The molecule has 110 valence electrons. The summed E-state index contributed by atoms with van der Waals surface area (Å²) in [5.41, 5.74) is 0. The normalized spacial score (nSPS) is 29.6. The summed E-state index contributed by atoms with van der Waals surface area (Å²) < 4.78 is 26.3. The zero-order valence-corrected chi connectivity index (χ0v) is 11.0. The minimum absolute atomic E-state index is 0.108. The van der Waals surface area contributed by atoms with E-state index >= 15 is 0 Å². The molecule has 2 aliphatic heterocycles. The maximum atomic E-state index is 13.2. The standard InChI is InChI=1S/C12H17F2N5O/c13-12(14)4-9(15-6-12)11(20)19-3-1-2-8(5-19)10-16-7-17-18-10/h7-9,15H,1-6H2,(H,16,17,18). The third kappa shape index (κ3) is 2.65. The SMILES string of the molecule is O=C(C1CC(F)(F)CN1)N1CCCC(c2ncn[nH]2)C1. The Bertz CT molecular complexity index is 478. The van der Waals surface area contributed by atoms with Gasteiger partial charge in [0.05, 0.1) is 12.6 Å². The van der Waals surface area contributed by atoms with Crippen molar-refractivity contribution in [3.8, 4) is 0 Å². The molecule has 6 nitrogen and oxygen atoms in total. The van der Waals surface area contributed by atoms with E-state index in [0.29, 0.717) is 13.1 Å². The van der Waals surface area contributed by atoms with Crippen LogP contribution >= 0.6 is 0 Å². The third-order valence-corrected chi connectivity index (χ3v) is 3.96. The first-order valence-electron chi connectivity index (χ1n) is 6.80. The molecule has 2 saturated heterocycles. The average Bonchev–Trinajstić information content (AvgIpc) is 3.07. The van der Waals surface area contributed by atoms with Crippen molar-refractivity contribution >= 4 is 5.91 Å². The quantitative estimate of drug-likeness (QED) is 0.830. The fourth-order valence-electron chi connectivity index (χ4n) is 2.92. The molecule has 2 aliphatic rings. The molecule has 3 heterocycles. The predicted octanol–water partition coefficient (Wildman–Crippen LogP) is 0.508. The van der Waals surface area contributed by atoms with Gasteiger partial charge in [-0.2, -0.15) is 5.10 Å². The summed E-state index contributed by atoms with van der Waals surface area (Å²) in [6, 6.07) is -0.765. The van der Waals surface area contributed by atoms with E-state index in [1.165, 1.54) is 6.33 Å². The molecule has 8 heteroatoms. The van der Waals surface area contributed by atoms with Gasteiger partial charge < -0.3 is 4.90 Å². The summed E-state index contributed by atoms with van der Waals surface area (Å²) in [6.07, 6.45) is 2.80. The highest BCUT2D eigenvalue weighted by Crippen LogP contribution is 2.29. The molecule has 2 fully saturated rings. The molecule has 1 aromatic rings. The first kappa shape index (κ1) is 13.4. The van der Waals surface area contributed by atoms with Crippen molar-refractivity contribution in [3.05, 3.63) is 12.2 Å². The van der Waals surface area contributed by atoms with E-state index < -0.39 is 24.9 Å². The highest BCUT2D eigenvalue weighted by atomic mass is 19.3. The molecule has 2 N–H and O–H groups in total. The number of hydrogen-bond donors (Lipinski definition) is 2. The number of rotatable bonds is 2. The summed E-state index contributed by atoms with van der Waals surface area (Å²) in [6.45, 7) is 0.716. The third-order valence-electron chi connectivity index (χ3n) is 3.96. The number of nitrogens with one attached hydrogen (secondary N) is 2. The van der Waals surface area contributed by atoms with Gasteiger partial charge in [0.25, 0.3) is 5.92 Å². The first-order chi connectivity index (χ1) is 9.55. The van der Waals surface area contributed by atoms with Gasteiger partial charge in [0.1, 0.15) is 12.2 Å². The molecule has 0 radical (unpaired) electrons. The lowest BCUT2D eigenvalue weighted by atomic mass is 9.96. The van der Waals surface area contributed by atoms with Gasteiger partial charge in [-0.25, -0.2) is 13.8 Å². The maximum Gasteiger partial charge on any atom is 0.262 e. The zero-order chi connectivity index (χ0) is 14.2. The second-order valence-electron chi connectivity index (χ2n) is 5.49. The number of likely N-dealkylation sites (tertiary alicyclic amines) is 1. The van der Waals surface area contributed by atoms with E-state index in [0.717, 1.165) is 18.7 Å². The average molecular weight is 285 g/mol. The highest BCUT2D eigenvalue weighted by Gasteiger charge is 2.44. The van der Waals surface area contributed by atoms with Crippen molar-refractivity contribution in [2.24, 2.45) is 0 Å². The number of halogens is 2. The fraction of sp³-hybridized carbons (Fsp3) is 0.750. The highest BCUT2D eigenvalue weighted by molar-refractivity contribution is 5.82. The van der Waals surface area contributed by atoms with Crippen molar-refractivity contribution in [1.82, 2.24) is 25.4 Å². The Balaban J connectivity index is 1.64. The number of alkyl halides is 2. The lowest BCUT2D eigenvalue weighted by molar-refractivity contribution is -0.135. The number of hydrogen-bond acceptors (Lipinski definition) is 4. The van der Waals surface area contributed by atoms with Crippen LogP contribution in [0.2, 0.25) is 0 Å². The molecule has 0 bridgehead atoms. The van der Waals surface area contributed by atoms with Crippen molar-refractivity contribution in [3.63, 3.8) is 0 Å². The van der Waals surface area contributed by atoms with Gasteiger partial charge in [0.15, 0.2) is 0 Å². The second kappa shape index (κ2) is 5.08. The van der Waals surface area contributed by atoms with Gasteiger partial charge in [-0.15, -0.1) is 0 Å². The van der Waals surface area contributed by atoms with Crippen molar-refractivity contribution in [2.75, 3.05) is 19.6 Å². The van der Waals surface area contributed by atoms with Crippen LogP contribution < -0.4 is 5.32 Å². The molecule has 0 spiro atoms. The van der Waals surface area contributed by atoms with Crippen LogP contribution in [0.15, 0.2) is 6.33 Å². The molecule has 0 aliphatic carbocycles. The summed E-state index contributed by atoms with van der Waals surface area (Å²) in [5, 5.41) is 9.24. The molecule has 2 unspecified atom stereocenters. The van der Waals surface area contributed by atoms with E-state index in [4.69, 9.17) is 0 Å². The Morgan fingerprint density at radius 3 is 3.00 bits per heavy atom. The van der Waals surface area contributed by atoms with Crippen LogP contribution in [0.1, 0.15) is 31.0 Å². The monoisotopic (exact) mass is 285 g/mol. The van der Waals surface area contributed by atoms with E-state index in [1.54, 1.807) is 4.90 Å². The molecule has 0 aromatic carbocycles. The van der Waals surface area contributed by atoms with Gasteiger partial charge in [-0.05, 0) is 12.8 Å². The number of aromatic amines is 1. The maximum absolute atomic E-state index is 13.2. The number of nitrogens with zero attached hydrogens (tertiary/aromatic N) is 3. The van der Waals surface area contributed by atoms with E-state index in [1.807, 2.05) is 0 Å². The lowest BCUT2D eigenvalue weighted by Gasteiger charge is -2.33. The van der Waals surface area contributed by atoms with Crippen LogP contribution in [-0.4, -0.2) is 57.6 Å². The zero-order valence-electron chi connectivity index (χ0n) is 11.0. The van der Waals surface area contributed by atoms with Crippen molar-refractivity contribution in [2.45, 2.75) is 37.1 Å². The number of amides is 1. The second-order valence-corrected chi connectivity index (χ2v) is 5.49. The molecule has 0 saturated carbocycles. The number of carbonyl (C=O) groups is 1. The number of H-pyrrole nitrogens is 1. The van der Waals surface area contributed by atoms with Crippen LogP contribution in [0.25, 0.3) is 0 Å². The van der Waals surface area contributed by atoms with E-state index in [2.05, 4.69) is 20.5 Å². The molecule has 3 rings (SSSR count). The minimum Gasteiger partial charge on any atom is -0.341 e. The Hall–Kier alpha value is -1.57. The topological polar surface area (TPSA) is 73.9 Å². The molecular weight excluding hydrogens is 268 g/mol. The number of piperidine rings is 1. The van der Waals surface area contributed by atoms with Crippen LogP contribution in [0.4, 0.5) is 8.78 Å². The van der Waals surface area contributed by atoms with Crippen LogP contribution in [-0.2, 0) is 4.79 Å². The van der Waals surface area contributed by atoms with Gasteiger partial charge >= 0.3 is 0 Å². The minimum atomic E-state index is -2.78. The molecular formula is C12H17F2N5O. The Kier molecular flexibility index (Phi) is 3.41. The molecule has 1 aromatic heterocycles. The largest absolute Gasteiger partial charge is 0.341 e. The molecule has 2 atom stereocenters. The van der Waals surface area contributed by atoms with Crippen LogP contribution in [0, 0.1) is 0 Å². The Morgan fingerprint density at radius 1 is 1.50 bits per heavy atom. The molecule has 20 heavy (non-hydrogen) atoms. The van der Waals surface area contributed by atoms with Crippen molar-refractivity contribution < 1.29 is 13.6 Å². The summed E-state index contributed by atoms with van der Waals surface area (Å²) in [4.78, 5) is 18.1. The van der Waals surface area contributed by atoms with Gasteiger partial charge in [0.2, 0.25) is 5.91 Å². The van der Waals surface area contributed by atoms with Gasteiger partial charge in [0, 0.05) is 25.4 Å². The summed E-state index contributed by atoms with van der Waals surface area (Å²) in [5.74, 6) is -2.14. The molecule has 1 amide bonds.